The normalized spacial score (nSPS) is 13.6. The van der Waals surface area contributed by atoms with Crippen LogP contribution in [0.5, 0.6) is 0 Å². The third-order valence-electron chi connectivity index (χ3n) is 3.08. The highest BCUT2D eigenvalue weighted by Gasteiger charge is 2.27. The first kappa shape index (κ1) is 17.1. The van der Waals surface area contributed by atoms with Gasteiger partial charge in [-0.05, 0) is 24.6 Å². The first-order chi connectivity index (χ1) is 9.95. The Balaban J connectivity index is 2.64. The number of hydrogen-bond acceptors (Lipinski definition) is 4. The molecule has 1 rings (SSSR count). The van der Waals surface area contributed by atoms with Crippen molar-refractivity contribution in [2.45, 2.75) is 39.5 Å². The van der Waals surface area contributed by atoms with Crippen molar-refractivity contribution in [1.29, 1.82) is 0 Å². The fraction of sp³-hybridized carbons (Fsp3) is 0.533. The van der Waals surface area contributed by atoms with Gasteiger partial charge in [0.05, 0.1) is 12.7 Å². The van der Waals surface area contributed by atoms with E-state index >= 15 is 0 Å². The van der Waals surface area contributed by atoms with Crippen LogP contribution in [-0.2, 0) is 20.9 Å². The van der Waals surface area contributed by atoms with Crippen LogP contribution in [0.25, 0.3) is 0 Å². The van der Waals surface area contributed by atoms with Crippen LogP contribution in [0, 0.1) is 5.92 Å². The second kappa shape index (κ2) is 8.36. The highest BCUT2D eigenvalue weighted by Crippen LogP contribution is 2.07. The van der Waals surface area contributed by atoms with Crippen LogP contribution < -0.4 is 10.6 Å². The Morgan fingerprint density at radius 2 is 1.81 bits per heavy atom. The van der Waals surface area contributed by atoms with Gasteiger partial charge in [0.25, 0.3) is 0 Å². The molecular weight excluding hydrogens is 270 g/mol. The predicted molar refractivity (Wildman–Crippen MR) is 79.3 cm³/mol. The molecule has 2 unspecified atom stereocenters. The average Bonchev–Trinajstić information content (AvgIpc) is 2.50. The molecule has 1 aromatic rings. The fourth-order valence-electron chi connectivity index (χ4n) is 1.67. The monoisotopic (exact) mass is 293 g/mol. The van der Waals surface area contributed by atoms with E-state index in [0.29, 0.717) is 6.61 Å². The lowest BCUT2D eigenvalue weighted by Crippen LogP contribution is -2.53. The maximum atomic E-state index is 11.9. The van der Waals surface area contributed by atoms with E-state index in [9.17, 15) is 9.59 Å². The summed E-state index contributed by atoms with van der Waals surface area (Å²) < 4.78 is 5.69. The van der Waals surface area contributed by atoms with E-state index in [1.165, 1.54) is 7.05 Å². The third-order valence-corrected chi connectivity index (χ3v) is 3.08. The number of nitrogens with zero attached hydrogens (tertiary/aromatic N) is 1. The number of carbonyl (C=O) groups excluding carboxylic acids is 2. The largest absolute Gasteiger partial charge is 0.371 e. The number of hydrogen-bond donors (Lipinski definition) is 2. The van der Waals surface area contributed by atoms with Crippen LogP contribution in [0.3, 0.4) is 0 Å². The Hall–Kier alpha value is -1.95. The first-order valence-electron chi connectivity index (χ1n) is 6.98. The quantitative estimate of drug-likeness (QED) is 0.782. The van der Waals surface area contributed by atoms with Gasteiger partial charge in [-0.1, -0.05) is 13.8 Å². The molecule has 0 bridgehead atoms. The molecule has 0 aliphatic carbocycles. The molecule has 116 valence electrons. The maximum absolute atomic E-state index is 11.9. The summed E-state index contributed by atoms with van der Waals surface area (Å²) in [4.78, 5) is 27.6. The van der Waals surface area contributed by atoms with E-state index in [1.54, 1.807) is 33.2 Å². The molecule has 0 aromatic carbocycles. The third kappa shape index (κ3) is 5.51. The van der Waals surface area contributed by atoms with Gasteiger partial charge in [0.2, 0.25) is 11.8 Å². The lowest BCUT2D eigenvalue weighted by atomic mass is 10.1. The molecule has 0 aliphatic rings. The number of aromatic nitrogens is 1. The van der Waals surface area contributed by atoms with E-state index < -0.39 is 12.1 Å². The Morgan fingerprint density at radius 1 is 1.19 bits per heavy atom. The van der Waals surface area contributed by atoms with Gasteiger partial charge in [-0.2, -0.15) is 0 Å². The molecule has 6 heteroatoms. The molecule has 0 saturated carbocycles. The van der Waals surface area contributed by atoms with E-state index in [1.807, 2.05) is 12.1 Å². The zero-order chi connectivity index (χ0) is 15.8. The van der Waals surface area contributed by atoms with Gasteiger partial charge in [-0.25, -0.2) is 0 Å². The van der Waals surface area contributed by atoms with Gasteiger partial charge in [0.1, 0.15) is 6.04 Å². The van der Waals surface area contributed by atoms with Crippen LogP contribution in [0.2, 0.25) is 0 Å². The smallest absolute Gasteiger partial charge is 0.245 e. The summed E-state index contributed by atoms with van der Waals surface area (Å²) in [5, 5.41) is 5.26. The van der Waals surface area contributed by atoms with Crippen molar-refractivity contribution in [3.63, 3.8) is 0 Å². The van der Waals surface area contributed by atoms with Crippen molar-refractivity contribution < 1.29 is 14.3 Å². The molecule has 2 atom stereocenters. The minimum atomic E-state index is -0.716. The SMILES string of the molecule is CNC(=O)C(NC(=O)C(C)C)C(C)OCc1ccncc1. The highest BCUT2D eigenvalue weighted by molar-refractivity contribution is 5.88. The standard InChI is InChI=1S/C15H23N3O3/c1-10(2)14(19)18-13(15(20)16-4)11(3)21-9-12-5-7-17-8-6-12/h5-8,10-11,13H,9H2,1-4H3,(H,16,20)(H,18,19). The molecule has 1 aromatic heterocycles. The summed E-state index contributed by atoms with van der Waals surface area (Å²) in [5.74, 6) is -0.640. The van der Waals surface area contributed by atoms with E-state index in [-0.39, 0.29) is 17.7 Å². The molecule has 1 heterocycles. The van der Waals surface area contributed by atoms with Crippen LogP contribution in [-0.4, -0.2) is 36.0 Å². The molecule has 2 amide bonds. The van der Waals surface area contributed by atoms with Crippen LogP contribution >= 0.6 is 0 Å². The Labute approximate surface area is 125 Å². The Bertz CT molecular complexity index is 462. The van der Waals surface area contributed by atoms with Crippen LogP contribution in [0.1, 0.15) is 26.3 Å². The summed E-state index contributed by atoms with van der Waals surface area (Å²) >= 11 is 0. The van der Waals surface area contributed by atoms with Gasteiger partial charge in [-0.15, -0.1) is 0 Å². The number of pyridine rings is 1. The first-order valence-corrected chi connectivity index (χ1v) is 6.98. The van der Waals surface area contributed by atoms with Crippen LogP contribution in [0.15, 0.2) is 24.5 Å². The molecule has 0 spiro atoms. The zero-order valence-corrected chi connectivity index (χ0v) is 12.9. The molecule has 21 heavy (non-hydrogen) atoms. The fourth-order valence-corrected chi connectivity index (χ4v) is 1.67. The predicted octanol–water partition coefficient (Wildman–Crippen LogP) is 0.873. The maximum Gasteiger partial charge on any atom is 0.245 e. The lowest BCUT2D eigenvalue weighted by molar-refractivity contribution is -0.134. The number of likely N-dealkylation sites (N-methyl/N-ethyl adjacent to an activating group) is 1. The van der Waals surface area contributed by atoms with Crippen molar-refractivity contribution in [3.8, 4) is 0 Å². The van der Waals surface area contributed by atoms with Gasteiger partial charge in [-0.3, -0.25) is 14.6 Å². The van der Waals surface area contributed by atoms with E-state index in [0.717, 1.165) is 5.56 Å². The topological polar surface area (TPSA) is 80.3 Å². The zero-order valence-electron chi connectivity index (χ0n) is 12.9. The number of amides is 2. The van der Waals surface area contributed by atoms with Gasteiger partial charge >= 0.3 is 0 Å². The molecule has 2 N–H and O–H groups in total. The van der Waals surface area contributed by atoms with E-state index in [2.05, 4.69) is 15.6 Å². The van der Waals surface area contributed by atoms with Crippen LogP contribution in [0.4, 0.5) is 0 Å². The molecule has 6 nitrogen and oxygen atoms in total. The highest BCUT2D eigenvalue weighted by atomic mass is 16.5. The summed E-state index contributed by atoms with van der Waals surface area (Å²) in [6.45, 7) is 5.67. The average molecular weight is 293 g/mol. The molecule has 0 radical (unpaired) electrons. The van der Waals surface area contributed by atoms with Crippen molar-refractivity contribution >= 4 is 11.8 Å². The lowest BCUT2D eigenvalue weighted by Gasteiger charge is -2.24. The number of nitrogens with one attached hydrogen (secondary N) is 2. The van der Waals surface area contributed by atoms with Crippen molar-refractivity contribution in [2.75, 3.05) is 7.05 Å². The number of carbonyl (C=O) groups is 2. The van der Waals surface area contributed by atoms with Crippen molar-refractivity contribution in [3.05, 3.63) is 30.1 Å². The summed E-state index contributed by atoms with van der Waals surface area (Å²) in [7, 11) is 1.53. The summed E-state index contributed by atoms with van der Waals surface area (Å²) in [5.41, 5.74) is 0.961. The van der Waals surface area contributed by atoms with E-state index in [4.69, 9.17) is 4.74 Å². The second-order valence-electron chi connectivity index (χ2n) is 5.13. The van der Waals surface area contributed by atoms with Crippen molar-refractivity contribution in [1.82, 2.24) is 15.6 Å². The molecular formula is C15H23N3O3. The molecule has 0 saturated heterocycles. The minimum Gasteiger partial charge on any atom is -0.371 e. The number of rotatable bonds is 7. The minimum absolute atomic E-state index is 0.178. The second-order valence-corrected chi connectivity index (χ2v) is 5.13. The van der Waals surface area contributed by atoms with Gasteiger partial charge in [0, 0.05) is 25.4 Å². The molecule has 0 fully saturated rings. The Kier molecular flexibility index (Phi) is 6.81. The summed E-state index contributed by atoms with van der Waals surface area (Å²) in [6, 6.07) is 2.97. The van der Waals surface area contributed by atoms with Gasteiger partial charge < -0.3 is 15.4 Å². The Morgan fingerprint density at radius 3 is 2.33 bits per heavy atom. The molecule has 0 aliphatic heterocycles. The summed E-state index contributed by atoms with van der Waals surface area (Å²) in [6.07, 6.45) is 2.92. The number of ether oxygens (including phenoxy) is 1. The van der Waals surface area contributed by atoms with Gasteiger partial charge in [0.15, 0.2) is 0 Å². The van der Waals surface area contributed by atoms with Crippen molar-refractivity contribution in [2.24, 2.45) is 5.92 Å².